The van der Waals surface area contributed by atoms with Crippen molar-refractivity contribution in [2.45, 2.75) is 31.7 Å². The van der Waals surface area contributed by atoms with Gasteiger partial charge in [0.2, 0.25) is 0 Å². The van der Waals surface area contributed by atoms with E-state index in [0.29, 0.717) is 13.1 Å². The molecule has 2 N–H and O–H groups in total. The Balaban J connectivity index is 1.72. The number of nitrogens with zero attached hydrogens (tertiary/aromatic N) is 2. The molecule has 1 aromatic carbocycles. The molecule has 0 spiro atoms. The number of likely N-dealkylation sites (N-methyl/N-ethyl adjacent to an activating group) is 1. The van der Waals surface area contributed by atoms with Crippen LogP contribution in [0.5, 0.6) is 0 Å². The number of rotatable bonds is 6. The average Bonchev–Trinajstić information content (AvgIpc) is 3.07. The number of carbonyl (C=O) groups is 2. The third kappa shape index (κ3) is 4.69. The maximum absolute atomic E-state index is 12.1. The molecular weight excluding hydrogens is 340 g/mol. The minimum absolute atomic E-state index is 0.0951. The topological polar surface area (TPSA) is 64.7 Å². The summed E-state index contributed by atoms with van der Waals surface area (Å²) < 4.78 is 0. The number of hydrogen-bond donors (Lipinski definition) is 2. The van der Waals surface area contributed by atoms with Crippen molar-refractivity contribution in [3.63, 3.8) is 0 Å². The molecule has 2 aliphatic heterocycles. The number of anilines is 1. The van der Waals surface area contributed by atoms with E-state index in [1.54, 1.807) is 6.08 Å². The molecule has 27 heavy (non-hydrogen) atoms. The van der Waals surface area contributed by atoms with Gasteiger partial charge < -0.3 is 15.5 Å². The number of benzene rings is 1. The zero-order chi connectivity index (χ0) is 19.2. The van der Waals surface area contributed by atoms with Crippen LogP contribution in [0.2, 0.25) is 0 Å². The van der Waals surface area contributed by atoms with Crippen molar-refractivity contribution in [1.29, 1.82) is 0 Å². The summed E-state index contributed by atoms with van der Waals surface area (Å²) in [5.41, 5.74) is 3.88. The van der Waals surface area contributed by atoms with E-state index in [1.165, 1.54) is 36.1 Å². The van der Waals surface area contributed by atoms with Crippen LogP contribution in [0.25, 0.3) is 0 Å². The molecule has 2 amide bonds. The summed E-state index contributed by atoms with van der Waals surface area (Å²) in [7, 11) is 2.12. The largest absolute Gasteiger partial charge is 0.374 e. The van der Waals surface area contributed by atoms with Crippen LogP contribution in [-0.4, -0.2) is 56.5 Å². The Kier molecular flexibility index (Phi) is 6.50. The molecule has 1 unspecified atom stereocenters. The first-order valence-corrected chi connectivity index (χ1v) is 9.85. The molecule has 0 radical (unpaired) electrons. The molecule has 6 heteroatoms. The Morgan fingerprint density at radius 2 is 1.89 bits per heavy atom. The SMILES string of the molecule is C=CCNC(=O)C(=O)NCC(c1ccc2c(c1)CCN2C)N1CCCCC1. The third-order valence-corrected chi connectivity index (χ3v) is 5.52. The molecule has 6 nitrogen and oxygen atoms in total. The summed E-state index contributed by atoms with van der Waals surface area (Å²) >= 11 is 0. The van der Waals surface area contributed by atoms with Gasteiger partial charge >= 0.3 is 11.8 Å². The van der Waals surface area contributed by atoms with Gasteiger partial charge in [0.1, 0.15) is 0 Å². The van der Waals surface area contributed by atoms with Crippen LogP contribution in [0, 0.1) is 0 Å². The van der Waals surface area contributed by atoms with E-state index in [4.69, 9.17) is 0 Å². The number of amides is 2. The van der Waals surface area contributed by atoms with Gasteiger partial charge in [0.15, 0.2) is 0 Å². The molecule has 0 aromatic heterocycles. The lowest BCUT2D eigenvalue weighted by atomic mass is 9.98. The minimum atomic E-state index is -0.608. The van der Waals surface area contributed by atoms with E-state index in [9.17, 15) is 9.59 Å². The van der Waals surface area contributed by atoms with Crippen molar-refractivity contribution in [3.05, 3.63) is 42.0 Å². The lowest BCUT2D eigenvalue weighted by molar-refractivity contribution is -0.139. The standard InChI is InChI=1S/C21H30N4O2/c1-3-10-22-20(26)21(27)23-15-19(25-11-5-4-6-12-25)16-7-8-18-17(14-16)9-13-24(18)2/h3,7-8,14,19H,1,4-6,9-13,15H2,2H3,(H,22,26)(H,23,27). The first kappa shape index (κ1) is 19.4. The van der Waals surface area contributed by atoms with Crippen LogP contribution in [0.1, 0.15) is 36.4 Å². The predicted molar refractivity (Wildman–Crippen MR) is 108 cm³/mol. The van der Waals surface area contributed by atoms with Gasteiger partial charge in [0.05, 0.1) is 6.04 Å². The molecule has 0 aliphatic carbocycles. The van der Waals surface area contributed by atoms with Crippen molar-refractivity contribution in [2.75, 3.05) is 44.7 Å². The maximum Gasteiger partial charge on any atom is 0.309 e. The Bertz CT molecular complexity index is 697. The highest BCUT2D eigenvalue weighted by Crippen LogP contribution is 2.32. The second kappa shape index (κ2) is 9.04. The molecule has 2 aliphatic rings. The summed E-state index contributed by atoms with van der Waals surface area (Å²) in [6.45, 7) is 7.38. The smallest absolute Gasteiger partial charge is 0.309 e. The van der Waals surface area contributed by atoms with Crippen LogP contribution in [-0.2, 0) is 16.0 Å². The third-order valence-electron chi connectivity index (χ3n) is 5.52. The van der Waals surface area contributed by atoms with Gasteiger partial charge in [-0.2, -0.15) is 0 Å². The molecule has 1 atom stereocenters. The molecule has 0 bridgehead atoms. The number of piperidine rings is 1. The number of likely N-dealkylation sites (tertiary alicyclic amines) is 1. The lowest BCUT2D eigenvalue weighted by Gasteiger charge is -2.35. The fourth-order valence-electron chi connectivity index (χ4n) is 4.00. The highest BCUT2D eigenvalue weighted by Gasteiger charge is 2.26. The van der Waals surface area contributed by atoms with Crippen molar-refractivity contribution in [2.24, 2.45) is 0 Å². The van der Waals surface area contributed by atoms with Crippen LogP contribution in [0.15, 0.2) is 30.9 Å². The Morgan fingerprint density at radius 1 is 1.15 bits per heavy atom. The minimum Gasteiger partial charge on any atom is -0.374 e. The van der Waals surface area contributed by atoms with Crippen molar-refractivity contribution in [1.82, 2.24) is 15.5 Å². The molecule has 146 valence electrons. The van der Waals surface area contributed by atoms with Crippen LogP contribution < -0.4 is 15.5 Å². The Labute approximate surface area is 161 Å². The fourth-order valence-corrected chi connectivity index (χ4v) is 4.00. The number of carbonyl (C=O) groups excluding carboxylic acids is 2. The maximum atomic E-state index is 12.1. The Hall–Kier alpha value is -2.34. The fraction of sp³-hybridized carbons (Fsp3) is 0.524. The molecule has 0 saturated carbocycles. The summed E-state index contributed by atoms with van der Waals surface area (Å²) in [4.78, 5) is 28.7. The van der Waals surface area contributed by atoms with Gasteiger partial charge in [-0.1, -0.05) is 24.6 Å². The van der Waals surface area contributed by atoms with Crippen LogP contribution in [0.3, 0.4) is 0 Å². The zero-order valence-electron chi connectivity index (χ0n) is 16.2. The second-order valence-electron chi connectivity index (χ2n) is 7.38. The second-order valence-corrected chi connectivity index (χ2v) is 7.38. The summed E-state index contributed by atoms with van der Waals surface area (Å²) in [5, 5.41) is 5.35. The summed E-state index contributed by atoms with van der Waals surface area (Å²) in [6.07, 6.45) is 6.23. The normalized spacial score (nSPS) is 17.9. The Morgan fingerprint density at radius 3 is 2.63 bits per heavy atom. The van der Waals surface area contributed by atoms with Crippen molar-refractivity contribution >= 4 is 17.5 Å². The van der Waals surface area contributed by atoms with Gasteiger partial charge in [0.25, 0.3) is 0 Å². The van der Waals surface area contributed by atoms with E-state index in [1.807, 2.05) is 0 Å². The molecule has 1 aromatic rings. The van der Waals surface area contributed by atoms with E-state index in [2.05, 4.69) is 52.3 Å². The number of nitrogens with one attached hydrogen (secondary N) is 2. The number of hydrogen-bond acceptors (Lipinski definition) is 4. The molecule has 2 heterocycles. The first-order chi connectivity index (χ1) is 13.1. The lowest BCUT2D eigenvalue weighted by Crippen LogP contribution is -2.45. The predicted octanol–water partition coefficient (Wildman–Crippen LogP) is 1.62. The van der Waals surface area contributed by atoms with Crippen molar-refractivity contribution < 1.29 is 9.59 Å². The highest BCUT2D eigenvalue weighted by molar-refractivity contribution is 6.35. The van der Waals surface area contributed by atoms with Gasteiger partial charge in [-0.05, 0) is 49.5 Å². The van der Waals surface area contributed by atoms with Gasteiger partial charge in [-0.3, -0.25) is 14.5 Å². The number of fused-ring (bicyclic) bond motifs is 1. The van der Waals surface area contributed by atoms with Gasteiger partial charge in [-0.15, -0.1) is 6.58 Å². The van der Waals surface area contributed by atoms with Gasteiger partial charge in [0, 0.05) is 32.4 Å². The average molecular weight is 370 g/mol. The van der Waals surface area contributed by atoms with Crippen LogP contribution >= 0.6 is 0 Å². The van der Waals surface area contributed by atoms with E-state index in [-0.39, 0.29) is 6.04 Å². The monoisotopic (exact) mass is 370 g/mol. The van der Waals surface area contributed by atoms with E-state index in [0.717, 1.165) is 26.1 Å². The first-order valence-electron chi connectivity index (χ1n) is 9.85. The zero-order valence-corrected chi connectivity index (χ0v) is 16.2. The highest BCUT2D eigenvalue weighted by atomic mass is 16.2. The van der Waals surface area contributed by atoms with E-state index >= 15 is 0 Å². The summed E-state index contributed by atoms with van der Waals surface area (Å²) in [6, 6.07) is 6.73. The van der Waals surface area contributed by atoms with Gasteiger partial charge in [-0.25, -0.2) is 0 Å². The molecule has 3 rings (SSSR count). The van der Waals surface area contributed by atoms with Crippen LogP contribution in [0.4, 0.5) is 5.69 Å². The molecule has 1 saturated heterocycles. The van der Waals surface area contributed by atoms with Crippen molar-refractivity contribution in [3.8, 4) is 0 Å². The molecule has 1 fully saturated rings. The van der Waals surface area contributed by atoms with E-state index < -0.39 is 11.8 Å². The molecular formula is C21H30N4O2. The summed E-state index contributed by atoms with van der Waals surface area (Å²) in [5.74, 6) is -1.19. The quantitative estimate of drug-likeness (QED) is 0.590.